The zero-order chi connectivity index (χ0) is 4.50. The quantitative estimate of drug-likeness (QED) is 0.427. The molecule has 0 aromatic heterocycles. The molecular formula is CH7AsFeO4. The van der Waals surface area contributed by atoms with Crippen LogP contribution >= 0.6 is 0 Å². The summed E-state index contributed by atoms with van der Waals surface area (Å²) in [7, 11) is 0. The van der Waals surface area contributed by atoms with Crippen molar-refractivity contribution in [1.29, 1.82) is 0 Å². The van der Waals surface area contributed by atoms with Gasteiger partial charge in [0.25, 0.3) is 0 Å². The molecule has 0 unspecified atom stereocenters. The summed E-state index contributed by atoms with van der Waals surface area (Å²) in [6.07, 6.45) is 0. The monoisotopic (exact) mass is 214 g/mol. The van der Waals surface area contributed by atoms with Gasteiger partial charge in [-0.05, 0) is 0 Å². The Morgan fingerprint density at radius 3 is 1.14 bits per heavy atom. The van der Waals surface area contributed by atoms with Gasteiger partial charge in [-0.1, -0.05) is 7.43 Å². The molecule has 0 heterocycles. The first-order chi connectivity index (χ1) is 2.00. The van der Waals surface area contributed by atoms with Gasteiger partial charge in [0.05, 0.1) is 0 Å². The number of hydrogen-bond acceptors (Lipinski definition) is 1. The molecule has 0 aromatic rings. The van der Waals surface area contributed by atoms with Crippen LogP contribution in [0.15, 0.2) is 0 Å². The Morgan fingerprint density at radius 2 is 1.14 bits per heavy atom. The van der Waals surface area contributed by atoms with E-state index in [0.717, 1.165) is 0 Å². The Balaban J connectivity index is -0.0000000800. The van der Waals surface area contributed by atoms with E-state index in [9.17, 15) is 0 Å². The minimum absolute atomic E-state index is 0. The third-order valence-corrected chi connectivity index (χ3v) is 0. The van der Waals surface area contributed by atoms with Crippen LogP contribution in [0, 0.1) is 0 Å². The summed E-state index contributed by atoms with van der Waals surface area (Å²) in [6.45, 7) is 0. The van der Waals surface area contributed by atoms with Crippen LogP contribution in [0.25, 0.3) is 0 Å². The molecule has 0 amide bonds. The van der Waals surface area contributed by atoms with Gasteiger partial charge < -0.3 is 0 Å². The molecule has 0 saturated carbocycles. The Bertz CT molecular complexity index is 57.8. The Hall–Kier alpha value is 0.758. The summed E-state index contributed by atoms with van der Waals surface area (Å²) in [5.74, 6) is 0. The van der Waals surface area contributed by atoms with Crippen molar-refractivity contribution in [3.8, 4) is 0 Å². The van der Waals surface area contributed by atoms with Crippen LogP contribution in [0.2, 0.25) is 0 Å². The smallest absolute Gasteiger partial charge is 0 e. The Labute approximate surface area is 55.4 Å². The molecule has 0 spiro atoms. The van der Waals surface area contributed by atoms with Crippen molar-refractivity contribution in [2.24, 2.45) is 0 Å². The van der Waals surface area contributed by atoms with E-state index in [2.05, 4.69) is 0 Å². The largest absolute Gasteiger partial charge is 0 e. The second-order valence-corrected chi connectivity index (χ2v) is 2.67. The Kier molecular flexibility index (Phi) is 11.0. The zero-order valence-electron chi connectivity index (χ0n) is 2.55. The van der Waals surface area contributed by atoms with E-state index in [1.807, 2.05) is 0 Å². The molecule has 0 saturated heterocycles. The first-order valence-electron chi connectivity index (χ1n) is 0.783. The second-order valence-electron chi connectivity index (χ2n) is 0.513. The van der Waals surface area contributed by atoms with Gasteiger partial charge in [-0.3, -0.25) is 0 Å². The van der Waals surface area contributed by atoms with Crippen molar-refractivity contribution in [2.45, 2.75) is 7.43 Å². The second kappa shape index (κ2) is 4.91. The molecule has 0 aliphatic rings. The van der Waals surface area contributed by atoms with Crippen LogP contribution in [-0.2, 0) is 20.8 Å². The fourth-order valence-corrected chi connectivity index (χ4v) is 0. The first kappa shape index (κ1) is 15.7. The van der Waals surface area contributed by atoms with Crippen molar-refractivity contribution in [2.75, 3.05) is 0 Å². The fraction of sp³-hybridized carbons (Fsp3) is 1.00. The maximum atomic E-state index is 8.94. The molecule has 0 atom stereocenters. The molecule has 0 radical (unpaired) electrons. The Morgan fingerprint density at radius 1 is 1.14 bits per heavy atom. The standard InChI is InChI=1S/CH4.AsH3O4.Fe/c;2-1(3,4)5;/h1H4;(H3,2,3,4,5);. The van der Waals surface area contributed by atoms with Gasteiger partial charge in [0.15, 0.2) is 0 Å². The summed E-state index contributed by atoms with van der Waals surface area (Å²) in [5, 5.41) is 0. The molecule has 0 aliphatic carbocycles. The first-order valence-corrected chi connectivity index (χ1v) is 4.07. The van der Waals surface area contributed by atoms with E-state index in [1.165, 1.54) is 0 Å². The molecule has 0 aliphatic heterocycles. The van der Waals surface area contributed by atoms with Crippen LogP contribution < -0.4 is 0 Å². The van der Waals surface area contributed by atoms with Gasteiger partial charge in [0.2, 0.25) is 0 Å². The molecule has 48 valence electrons. The third-order valence-electron chi connectivity index (χ3n) is 0. The summed E-state index contributed by atoms with van der Waals surface area (Å²) < 4.78 is 30.7. The molecule has 0 aromatic carbocycles. The molecule has 3 N–H and O–H groups in total. The molecule has 0 fully saturated rings. The van der Waals surface area contributed by atoms with E-state index >= 15 is 0 Å². The van der Waals surface area contributed by atoms with Crippen molar-refractivity contribution < 1.29 is 33.1 Å². The van der Waals surface area contributed by atoms with Crippen molar-refractivity contribution in [3.05, 3.63) is 0 Å². The van der Waals surface area contributed by atoms with E-state index in [0.29, 0.717) is 0 Å². The van der Waals surface area contributed by atoms with Gasteiger partial charge in [-0.2, -0.15) is 0 Å². The molecule has 4 nitrogen and oxygen atoms in total. The fourth-order valence-electron chi connectivity index (χ4n) is 0. The molecular weight excluding hydrogens is 207 g/mol. The van der Waals surface area contributed by atoms with E-state index < -0.39 is 14.5 Å². The van der Waals surface area contributed by atoms with E-state index in [1.54, 1.807) is 0 Å². The minimum Gasteiger partial charge on any atom is 0 e. The molecule has 7 heavy (non-hydrogen) atoms. The summed E-state index contributed by atoms with van der Waals surface area (Å²) in [4.78, 5) is 0. The topological polar surface area (TPSA) is 77.8 Å². The predicted molar refractivity (Wildman–Crippen MR) is 19.8 cm³/mol. The third kappa shape index (κ3) is 266. The minimum atomic E-state index is -5.12. The van der Waals surface area contributed by atoms with E-state index in [4.69, 9.17) is 16.0 Å². The van der Waals surface area contributed by atoms with Gasteiger partial charge in [-0.25, -0.2) is 0 Å². The van der Waals surface area contributed by atoms with Gasteiger partial charge in [0.1, 0.15) is 0 Å². The van der Waals surface area contributed by atoms with Crippen molar-refractivity contribution >= 4 is 14.5 Å². The maximum absolute atomic E-state index is 8.94. The van der Waals surface area contributed by atoms with Gasteiger partial charge >= 0.3 is 30.5 Å². The van der Waals surface area contributed by atoms with Crippen LogP contribution in [0.1, 0.15) is 7.43 Å². The van der Waals surface area contributed by atoms with Crippen LogP contribution in [0.4, 0.5) is 0 Å². The number of rotatable bonds is 0. The van der Waals surface area contributed by atoms with Crippen molar-refractivity contribution in [1.82, 2.24) is 0 Å². The summed E-state index contributed by atoms with van der Waals surface area (Å²) >= 11 is -5.12. The molecule has 6 heteroatoms. The van der Waals surface area contributed by atoms with Gasteiger partial charge in [0, 0.05) is 17.1 Å². The normalized spacial score (nSPS) is 8.43. The predicted octanol–water partition coefficient (Wildman–Crippen LogP) is -1.54. The SMILES string of the molecule is C.O=[As](O)(O)O.[Fe]. The van der Waals surface area contributed by atoms with Crippen LogP contribution in [-0.4, -0.2) is 26.8 Å². The maximum Gasteiger partial charge on any atom is 0 e. The van der Waals surface area contributed by atoms with Gasteiger partial charge in [-0.15, -0.1) is 0 Å². The number of hydrogen-bond donors (Lipinski definition) is 3. The molecule has 0 bridgehead atoms. The van der Waals surface area contributed by atoms with Crippen LogP contribution in [0.3, 0.4) is 0 Å². The van der Waals surface area contributed by atoms with Crippen molar-refractivity contribution in [3.63, 3.8) is 0 Å². The summed E-state index contributed by atoms with van der Waals surface area (Å²) in [5.41, 5.74) is 0. The molecule has 0 rings (SSSR count). The van der Waals surface area contributed by atoms with Crippen LogP contribution in [0.5, 0.6) is 0 Å². The van der Waals surface area contributed by atoms with E-state index in [-0.39, 0.29) is 24.5 Å². The zero-order valence-corrected chi connectivity index (χ0v) is 5.53. The summed E-state index contributed by atoms with van der Waals surface area (Å²) in [6, 6.07) is 0. The average Bonchev–Trinajstić information content (AvgIpc) is 0.722. The average molecular weight is 214 g/mol.